The molecule has 8 heteroatoms. The van der Waals surface area contributed by atoms with E-state index >= 15 is 0 Å². The zero-order chi connectivity index (χ0) is 15.6. The smallest absolute Gasteiger partial charge is 0.240 e. The van der Waals surface area contributed by atoms with Crippen molar-refractivity contribution in [2.24, 2.45) is 0 Å². The molecule has 0 saturated heterocycles. The quantitative estimate of drug-likeness (QED) is 0.635. The van der Waals surface area contributed by atoms with Crippen LogP contribution in [0.15, 0.2) is 27.1 Å². The van der Waals surface area contributed by atoms with Crippen LogP contribution in [0.5, 0.6) is 17.4 Å². The molecule has 2 rings (SSSR count). The number of nitrogens with one attached hydrogen (secondary N) is 1. The summed E-state index contributed by atoms with van der Waals surface area (Å²) in [4.78, 5) is 4.23. The molecule has 2 aromatic rings. The van der Waals surface area contributed by atoms with Crippen LogP contribution in [0.1, 0.15) is 0 Å². The number of ether oxygens (including phenoxy) is 2. The summed E-state index contributed by atoms with van der Waals surface area (Å²) < 4.78 is 12.4. The van der Waals surface area contributed by atoms with Crippen LogP contribution >= 0.6 is 55.1 Å². The number of aromatic nitrogens is 1. The highest BCUT2D eigenvalue weighted by molar-refractivity contribution is 9.11. The molecule has 4 nitrogen and oxygen atoms in total. The summed E-state index contributed by atoms with van der Waals surface area (Å²) in [5.74, 6) is 1.96. The number of rotatable bonds is 4. The number of benzene rings is 1. The third-order valence-corrected chi connectivity index (χ3v) is 4.35. The number of pyridine rings is 1. The number of hydrogen-bond donors (Lipinski definition) is 1. The predicted molar refractivity (Wildman–Crippen MR) is 92.3 cm³/mol. The number of halogens is 4. The highest BCUT2D eigenvalue weighted by Crippen LogP contribution is 2.40. The van der Waals surface area contributed by atoms with E-state index in [1.807, 2.05) is 0 Å². The monoisotopic (exact) mass is 454 g/mol. The molecule has 0 aliphatic rings. The average Bonchev–Trinajstić information content (AvgIpc) is 2.45. The third-order valence-electron chi connectivity index (χ3n) is 2.55. The van der Waals surface area contributed by atoms with Gasteiger partial charge < -0.3 is 14.8 Å². The highest BCUT2D eigenvalue weighted by atomic mass is 79.9. The van der Waals surface area contributed by atoms with Crippen molar-refractivity contribution in [1.82, 2.24) is 4.98 Å². The maximum atomic E-state index is 6.11. The van der Waals surface area contributed by atoms with Crippen LogP contribution in [0.3, 0.4) is 0 Å². The van der Waals surface area contributed by atoms with Crippen LogP contribution in [-0.2, 0) is 0 Å². The Morgan fingerprint density at radius 3 is 2.29 bits per heavy atom. The molecule has 0 spiro atoms. The van der Waals surface area contributed by atoms with E-state index in [2.05, 4.69) is 42.2 Å². The van der Waals surface area contributed by atoms with Crippen LogP contribution in [0, 0.1) is 0 Å². The molecule has 112 valence electrons. The van der Waals surface area contributed by atoms with Gasteiger partial charge in [-0.3, -0.25) is 0 Å². The second kappa shape index (κ2) is 7.05. The molecule has 1 heterocycles. The maximum Gasteiger partial charge on any atom is 0.240 e. The molecule has 21 heavy (non-hydrogen) atoms. The Balaban J connectivity index is 2.41. The normalized spacial score (nSPS) is 10.4. The van der Waals surface area contributed by atoms with E-state index in [0.717, 1.165) is 4.47 Å². The lowest BCUT2D eigenvalue weighted by atomic mass is 10.3. The molecular formula is C13H10Br2Cl2N2O2. The van der Waals surface area contributed by atoms with Crippen molar-refractivity contribution in [3.8, 4) is 17.4 Å². The Bertz CT molecular complexity index is 684. The molecule has 1 aromatic carbocycles. The molecule has 1 N–H and O–H groups in total. The topological polar surface area (TPSA) is 43.4 Å². The number of hydrogen-bond acceptors (Lipinski definition) is 4. The summed E-state index contributed by atoms with van der Waals surface area (Å²) in [5.41, 5.74) is 0. The molecule has 0 aliphatic carbocycles. The van der Waals surface area contributed by atoms with Crippen molar-refractivity contribution in [1.29, 1.82) is 0 Å². The average molecular weight is 457 g/mol. The zero-order valence-corrected chi connectivity index (χ0v) is 15.7. The van der Waals surface area contributed by atoms with E-state index < -0.39 is 0 Å². The van der Waals surface area contributed by atoms with Gasteiger partial charge in [0, 0.05) is 7.05 Å². The van der Waals surface area contributed by atoms with Crippen molar-refractivity contribution in [2.75, 3.05) is 19.5 Å². The van der Waals surface area contributed by atoms with Crippen molar-refractivity contribution in [2.45, 2.75) is 0 Å². The number of nitrogens with zero attached hydrogens (tertiary/aromatic N) is 1. The van der Waals surface area contributed by atoms with E-state index in [0.29, 0.717) is 31.8 Å². The van der Waals surface area contributed by atoms with Gasteiger partial charge in [-0.15, -0.1) is 0 Å². The minimum absolute atomic E-state index is 0.253. The van der Waals surface area contributed by atoms with E-state index in [-0.39, 0.29) is 5.88 Å². The SMILES string of the molecule is CNc1nc(Oc2cc(Br)c(OC)cc2Br)c(Cl)cc1Cl. The van der Waals surface area contributed by atoms with E-state index in [4.69, 9.17) is 32.7 Å². The lowest BCUT2D eigenvalue weighted by molar-refractivity contribution is 0.408. The Labute approximate surface area is 149 Å². The van der Waals surface area contributed by atoms with Crippen molar-refractivity contribution in [3.05, 3.63) is 37.2 Å². The van der Waals surface area contributed by atoms with Gasteiger partial charge in [0.2, 0.25) is 5.88 Å². The molecule has 0 radical (unpaired) electrons. The maximum absolute atomic E-state index is 6.11. The van der Waals surface area contributed by atoms with Gasteiger partial charge in [0.15, 0.2) is 0 Å². The van der Waals surface area contributed by atoms with Crippen LogP contribution < -0.4 is 14.8 Å². The molecule has 0 bridgehead atoms. The Morgan fingerprint density at radius 1 is 1.05 bits per heavy atom. The summed E-state index contributed by atoms with van der Waals surface area (Å²) >= 11 is 18.9. The Hall–Kier alpha value is -0.690. The van der Waals surface area contributed by atoms with Gasteiger partial charge in [-0.1, -0.05) is 23.2 Å². The fourth-order valence-electron chi connectivity index (χ4n) is 1.55. The van der Waals surface area contributed by atoms with Gasteiger partial charge in [-0.05, 0) is 50.1 Å². The van der Waals surface area contributed by atoms with Crippen molar-refractivity contribution >= 4 is 60.9 Å². The van der Waals surface area contributed by atoms with E-state index in [1.165, 1.54) is 0 Å². The molecule has 0 saturated carbocycles. The predicted octanol–water partition coefficient (Wildman–Crippen LogP) is 5.76. The first-order chi connectivity index (χ1) is 9.96. The van der Waals surface area contributed by atoms with Crippen LogP contribution in [0.25, 0.3) is 0 Å². The van der Waals surface area contributed by atoms with Gasteiger partial charge in [0.25, 0.3) is 0 Å². The molecule has 0 atom stereocenters. The number of methoxy groups -OCH3 is 1. The first kappa shape index (κ1) is 16.7. The van der Waals surface area contributed by atoms with Gasteiger partial charge in [0.1, 0.15) is 22.3 Å². The minimum atomic E-state index is 0.253. The molecule has 0 aliphatic heterocycles. The Morgan fingerprint density at radius 2 is 1.67 bits per heavy atom. The summed E-state index contributed by atoms with van der Waals surface area (Å²) in [7, 11) is 3.30. The summed E-state index contributed by atoms with van der Waals surface area (Å²) in [6.07, 6.45) is 0. The zero-order valence-electron chi connectivity index (χ0n) is 11.0. The molecule has 0 fully saturated rings. The van der Waals surface area contributed by atoms with Gasteiger partial charge >= 0.3 is 0 Å². The fourth-order valence-corrected chi connectivity index (χ4v) is 2.92. The summed E-state index contributed by atoms with van der Waals surface area (Å²) in [6.45, 7) is 0. The second-order valence-corrected chi connectivity index (χ2v) is 6.40. The first-order valence-corrected chi connectivity index (χ1v) is 8.05. The lowest BCUT2D eigenvalue weighted by Crippen LogP contribution is -1.97. The van der Waals surface area contributed by atoms with Gasteiger partial charge in [-0.2, -0.15) is 4.98 Å². The van der Waals surface area contributed by atoms with Crippen LogP contribution in [-0.4, -0.2) is 19.1 Å². The van der Waals surface area contributed by atoms with Gasteiger partial charge in [-0.25, -0.2) is 0 Å². The third kappa shape index (κ3) is 3.74. The van der Waals surface area contributed by atoms with E-state index in [9.17, 15) is 0 Å². The first-order valence-electron chi connectivity index (χ1n) is 5.71. The standard InChI is InChI=1S/C13H10Br2Cl2N2O2/c1-18-12-8(16)5-9(17)13(19-12)21-11-4-6(14)10(20-2)3-7(11)15/h3-5H,1-2H3,(H,18,19). The molecule has 0 amide bonds. The van der Waals surface area contributed by atoms with Crippen LogP contribution in [0.4, 0.5) is 5.82 Å². The largest absolute Gasteiger partial charge is 0.496 e. The summed E-state index contributed by atoms with van der Waals surface area (Å²) in [6, 6.07) is 5.11. The number of anilines is 1. The molecule has 0 unspecified atom stereocenters. The summed E-state index contributed by atoms with van der Waals surface area (Å²) in [5, 5.41) is 3.61. The van der Waals surface area contributed by atoms with Crippen molar-refractivity contribution in [3.63, 3.8) is 0 Å². The van der Waals surface area contributed by atoms with Gasteiger partial charge in [0.05, 0.1) is 21.1 Å². The molecular weight excluding hydrogens is 447 g/mol. The minimum Gasteiger partial charge on any atom is -0.496 e. The van der Waals surface area contributed by atoms with Crippen LogP contribution in [0.2, 0.25) is 10.0 Å². The second-order valence-electron chi connectivity index (χ2n) is 3.88. The fraction of sp³-hybridized carbons (Fsp3) is 0.154. The highest BCUT2D eigenvalue weighted by Gasteiger charge is 2.14. The molecule has 1 aromatic heterocycles. The van der Waals surface area contributed by atoms with E-state index in [1.54, 1.807) is 32.4 Å². The Kier molecular flexibility index (Phi) is 5.60. The lowest BCUT2D eigenvalue weighted by Gasteiger charge is -2.12. The van der Waals surface area contributed by atoms with Crippen molar-refractivity contribution < 1.29 is 9.47 Å².